The van der Waals surface area contributed by atoms with Gasteiger partial charge in [0.15, 0.2) is 15.0 Å². The number of hydrogen-bond acceptors (Lipinski definition) is 6. The number of nitrogens with zero attached hydrogens (tertiary/aromatic N) is 2. The molecule has 3 heterocycles. The number of benzene rings is 2. The second kappa shape index (κ2) is 7.74. The van der Waals surface area contributed by atoms with Crippen LogP contribution in [0.4, 0.5) is 5.69 Å². The van der Waals surface area contributed by atoms with Crippen molar-refractivity contribution in [2.45, 2.75) is 30.7 Å². The third kappa shape index (κ3) is 4.11. The minimum absolute atomic E-state index is 0.0315. The molecule has 1 amide bonds. The van der Waals surface area contributed by atoms with Crippen LogP contribution in [0.2, 0.25) is 0 Å². The highest BCUT2D eigenvalue weighted by Gasteiger charge is 2.42. The fourth-order valence-electron chi connectivity index (χ4n) is 4.24. The van der Waals surface area contributed by atoms with Gasteiger partial charge in [-0.3, -0.25) is 9.79 Å². The summed E-state index contributed by atoms with van der Waals surface area (Å²) in [5, 5.41) is 4.08. The largest absolute Gasteiger partial charge is 0.338 e. The molecule has 0 saturated carbocycles. The third-order valence-corrected chi connectivity index (χ3v) is 9.00. The van der Waals surface area contributed by atoms with Crippen molar-refractivity contribution in [3.63, 3.8) is 0 Å². The Hall–Kier alpha value is -2.32. The van der Waals surface area contributed by atoms with Crippen LogP contribution in [0.3, 0.4) is 0 Å². The SMILES string of the molecule is O=C(Cc1ccc(NC2=NC3CS(=O)(=O)CC3S2)cc1)N1CCc2ccccc2C1. The van der Waals surface area contributed by atoms with Gasteiger partial charge in [-0.1, -0.05) is 48.2 Å². The van der Waals surface area contributed by atoms with Gasteiger partial charge in [0, 0.05) is 24.0 Å². The molecule has 3 aliphatic rings. The van der Waals surface area contributed by atoms with Gasteiger partial charge in [-0.25, -0.2) is 8.42 Å². The molecule has 0 aliphatic carbocycles. The molecule has 2 aromatic rings. The van der Waals surface area contributed by atoms with Crippen molar-refractivity contribution in [3.05, 3.63) is 65.2 Å². The van der Waals surface area contributed by atoms with Crippen LogP contribution in [-0.4, -0.2) is 53.7 Å². The molecule has 0 bridgehead atoms. The van der Waals surface area contributed by atoms with Crippen LogP contribution in [0.25, 0.3) is 0 Å². The van der Waals surface area contributed by atoms with E-state index in [2.05, 4.69) is 28.5 Å². The monoisotopic (exact) mass is 441 g/mol. The summed E-state index contributed by atoms with van der Waals surface area (Å²) >= 11 is 1.51. The molecule has 1 fully saturated rings. The van der Waals surface area contributed by atoms with Crippen LogP contribution in [0.1, 0.15) is 16.7 Å². The van der Waals surface area contributed by atoms with Gasteiger partial charge in [-0.15, -0.1) is 0 Å². The fraction of sp³-hybridized carbons (Fsp3) is 0.364. The predicted octanol–water partition coefficient (Wildman–Crippen LogP) is 2.49. The lowest BCUT2D eigenvalue weighted by Gasteiger charge is -2.29. The molecule has 3 aliphatic heterocycles. The smallest absolute Gasteiger partial charge is 0.227 e. The number of carbonyl (C=O) groups excluding carboxylic acids is 1. The average molecular weight is 442 g/mol. The zero-order valence-electron chi connectivity index (χ0n) is 16.5. The maximum atomic E-state index is 12.7. The number of hydrogen-bond donors (Lipinski definition) is 1. The van der Waals surface area contributed by atoms with Crippen LogP contribution < -0.4 is 5.32 Å². The van der Waals surface area contributed by atoms with Gasteiger partial charge in [-0.05, 0) is 35.2 Å². The van der Waals surface area contributed by atoms with Gasteiger partial charge in [-0.2, -0.15) is 0 Å². The standard InChI is InChI=1S/C22H23N3O3S2/c26-21(25-10-9-16-3-1-2-4-17(16)12-25)11-15-5-7-18(8-6-15)23-22-24-19-13-30(27,28)14-20(19)29-22/h1-8,19-20H,9-14H2,(H,23,24). The van der Waals surface area contributed by atoms with E-state index in [0.29, 0.717) is 13.0 Å². The zero-order valence-corrected chi connectivity index (χ0v) is 18.1. The highest BCUT2D eigenvalue weighted by Crippen LogP contribution is 2.34. The van der Waals surface area contributed by atoms with E-state index in [1.54, 1.807) is 0 Å². The van der Waals surface area contributed by atoms with E-state index in [1.807, 2.05) is 35.2 Å². The first-order chi connectivity index (χ1) is 14.4. The number of rotatable bonds is 3. The molecule has 6 nitrogen and oxygen atoms in total. The van der Waals surface area contributed by atoms with Crippen molar-refractivity contribution >= 4 is 38.4 Å². The Morgan fingerprint density at radius 1 is 1.10 bits per heavy atom. The highest BCUT2D eigenvalue weighted by atomic mass is 32.2. The van der Waals surface area contributed by atoms with Crippen molar-refractivity contribution in [2.24, 2.45) is 4.99 Å². The molecular formula is C22H23N3O3S2. The summed E-state index contributed by atoms with van der Waals surface area (Å²) in [6, 6.07) is 16.0. The summed E-state index contributed by atoms with van der Waals surface area (Å²) in [5.74, 6) is 0.506. The molecule has 8 heteroatoms. The first kappa shape index (κ1) is 19.6. The summed E-state index contributed by atoms with van der Waals surface area (Å²) < 4.78 is 23.4. The minimum atomic E-state index is -2.94. The predicted molar refractivity (Wildman–Crippen MR) is 121 cm³/mol. The van der Waals surface area contributed by atoms with Crippen molar-refractivity contribution in [1.82, 2.24) is 4.90 Å². The normalized spacial score (nSPS) is 24.1. The van der Waals surface area contributed by atoms with Crippen molar-refractivity contribution < 1.29 is 13.2 Å². The Bertz CT molecular complexity index is 1110. The van der Waals surface area contributed by atoms with Crippen molar-refractivity contribution in [2.75, 3.05) is 23.4 Å². The number of thioether (sulfide) groups is 1. The lowest BCUT2D eigenvalue weighted by molar-refractivity contribution is -0.131. The first-order valence-electron chi connectivity index (χ1n) is 10.1. The summed E-state index contributed by atoms with van der Waals surface area (Å²) in [7, 11) is -2.94. The van der Waals surface area contributed by atoms with E-state index in [9.17, 15) is 13.2 Å². The summed E-state index contributed by atoms with van der Waals surface area (Å²) in [6.07, 6.45) is 1.30. The summed E-state index contributed by atoms with van der Waals surface area (Å²) in [4.78, 5) is 19.2. The number of aliphatic imine (C=N–C) groups is 1. The van der Waals surface area contributed by atoms with E-state index >= 15 is 0 Å². The molecule has 5 rings (SSSR count). The molecule has 0 aromatic heterocycles. The Balaban J connectivity index is 1.18. The van der Waals surface area contributed by atoms with E-state index in [4.69, 9.17) is 0 Å². The Morgan fingerprint density at radius 2 is 1.87 bits per heavy atom. The Labute approximate surface area is 180 Å². The summed E-state index contributed by atoms with van der Waals surface area (Å²) in [5.41, 5.74) is 4.45. The Kier molecular flexibility index (Phi) is 5.06. The number of fused-ring (bicyclic) bond motifs is 2. The lowest BCUT2D eigenvalue weighted by atomic mass is 9.99. The van der Waals surface area contributed by atoms with Gasteiger partial charge in [0.2, 0.25) is 5.91 Å². The number of amidine groups is 1. The molecule has 2 unspecified atom stereocenters. The molecule has 156 valence electrons. The van der Waals surface area contributed by atoms with Crippen molar-refractivity contribution in [3.8, 4) is 0 Å². The summed E-state index contributed by atoms with van der Waals surface area (Å²) in [6.45, 7) is 1.45. The number of sulfone groups is 1. The van der Waals surface area contributed by atoms with Crippen LogP contribution >= 0.6 is 11.8 Å². The van der Waals surface area contributed by atoms with Gasteiger partial charge in [0.05, 0.1) is 24.0 Å². The number of carbonyl (C=O) groups is 1. The average Bonchev–Trinajstić information content (AvgIpc) is 3.21. The second-order valence-corrected chi connectivity index (χ2v) is 11.4. The van der Waals surface area contributed by atoms with E-state index in [1.165, 1.54) is 22.9 Å². The molecule has 1 N–H and O–H groups in total. The number of anilines is 1. The molecule has 0 radical (unpaired) electrons. The van der Waals surface area contributed by atoms with Crippen LogP contribution in [0.5, 0.6) is 0 Å². The fourth-order valence-corrected chi connectivity index (χ4v) is 7.92. The van der Waals surface area contributed by atoms with E-state index in [0.717, 1.165) is 29.4 Å². The molecule has 30 heavy (non-hydrogen) atoms. The molecule has 2 atom stereocenters. The number of amides is 1. The van der Waals surface area contributed by atoms with Crippen molar-refractivity contribution in [1.29, 1.82) is 0 Å². The van der Waals surface area contributed by atoms with Gasteiger partial charge >= 0.3 is 0 Å². The van der Waals surface area contributed by atoms with E-state index in [-0.39, 0.29) is 28.7 Å². The molecule has 0 spiro atoms. The highest BCUT2D eigenvalue weighted by molar-refractivity contribution is 8.15. The quantitative estimate of drug-likeness (QED) is 0.792. The second-order valence-electron chi connectivity index (χ2n) is 8.07. The molecular weight excluding hydrogens is 418 g/mol. The zero-order chi connectivity index (χ0) is 20.7. The maximum Gasteiger partial charge on any atom is 0.227 e. The number of nitrogens with one attached hydrogen (secondary N) is 1. The van der Waals surface area contributed by atoms with Gasteiger partial charge in [0.1, 0.15) is 0 Å². The van der Waals surface area contributed by atoms with Gasteiger partial charge in [0.25, 0.3) is 0 Å². The van der Waals surface area contributed by atoms with Crippen LogP contribution in [0.15, 0.2) is 53.5 Å². The van der Waals surface area contributed by atoms with Gasteiger partial charge < -0.3 is 10.2 Å². The maximum absolute atomic E-state index is 12.7. The molecule has 1 saturated heterocycles. The minimum Gasteiger partial charge on any atom is -0.338 e. The third-order valence-electron chi connectivity index (χ3n) is 5.86. The Morgan fingerprint density at radius 3 is 2.63 bits per heavy atom. The van der Waals surface area contributed by atoms with E-state index < -0.39 is 9.84 Å². The van der Waals surface area contributed by atoms with Crippen LogP contribution in [-0.2, 0) is 34.0 Å². The topological polar surface area (TPSA) is 78.8 Å². The lowest BCUT2D eigenvalue weighted by Crippen LogP contribution is -2.36. The molecule has 2 aromatic carbocycles. The van der Waals surface area contributed by atoms with Crippen LogP contribution in [0, 0.1) is 0 Å². The first-order valence-corrected chi connectivity index (χ1v) is 12.8.